The van der Waals surface area contributed by atoms with Gasteiger partial charge in [0.1, 0.15) is 0 Å². The first-order chi connectivity index (χ1) is 4.88. The van der Waals surface area contributed by atoms with Crippen LogP contribution in [0.1, 0.15) is 0 Å². The van der Waals surface area contributed by atoms with Crippen LogP contribution in [0.15, 0.2) is 24.4 Å². The Kier molecular flexibility index (Phi) is 1.14. The Balaban J connectivity index is 2.93. The zero-order chi connectivity index (χ0) is 6.97. The lowest BCUT2D eigenvalue weighted by atomic mass is 10.3. The summed E-state index contributed by atoms with van der Waals surface area (Å²) in [5.74, 6) is 0. The predicted octanol–water partition coefficient (Wildman–Crippen LogP) is 1.84. The first kappa shape index (κ1) is 5.74. The van der Waals surface area contributed by atoms with Gasteiger partial charge in [0.25, 0.3) is 0 Å². The molecule has 1 heterocycles. The third kappa shape index (κ3) is 0.693. The molecule has 2 rings (SSSR count). The maximum atomic E-state index is 5.66. The lowest BCUT2D eigenvalue weighted by molar-refractivity contribution is 1.02. The molecule has 0 unspecified atom stereocenters. The van der Waals surface area contributed by atoms with Gasteiger partial charge in [0.05, 0.1) is 11.7 Å². The molecule has 0 saturated heterocycles. The lowest BCUT2D eigenvalue weighted by Gasteiger charge is -1.86. The quantitative estimate of drug-likeness (QED) is 0.562. The molecule has 2 nitrogen and oxygen atoms in total. The second kappa shape index (κ2) is 1.99. The molecular formula is C7H4ClN2. The summed E-state index contributed by atoms with van der Waals surface area (Å²) in [6.45, 7) is 0. The van der Waals surface area contributed by atoms with Crippen molar-refractivity contribution in [1.82, 2.24) is 9.30 Å². The van der Waals surface area contributed by atoms with Gasteiger partial charge in [-0.2, -0.15) is 9.30 Å². The molecule has 0 spiro atoms. The predicted molar refractivity (Wildman–Crippen MR) is 39.8 cm³/mol. The fourth-order valence-electron chi connectivity index (χ4n) is 0.882. The van der Waals surface area contributed by atoms with Gasteiger partial charge in [-0.15, -0.1) is 0 Å². The lowest BCUT2D eigenvalue weighted by Crippen LogP contribution is -1.78. The minimum atomic E-state index is 0.917. The smallest absolute Gasteiger partial charge is 0.0871 e. The van der Waals surface area contributed by atoms with Crippen molar-refractivity contribution in [2.45, 2.75) is 0 Å². The van der Waals surface area contributed by atoms with Crippen LogP contribution < -0.4 is 0 Å². The van der Waals surface area contributed by atoms with Crippen LogP contribution in [0.5, 0.6) is 0 Å². The number of rotatable bonds is 0. The van der Waals surface area contributed by atoms with Gasteiger partial charge < -0.3 is 0 Å². The minimum Gasteiger partial charge on any atom is -0.172 e. The first-order valence-electron chi connectivity index (χ1n) is 2.88. The second-order valence-electron chi connectivity index (χ2n) is 1.99. The van der Waals surface area contributed by atoms with Crippen LogP contribution in [0.4, 0.5) is 0 Å². The molecule has 10 heavy (non-hydrogen) atoms. The van der Waals surface area contributed by atoms with Crippen molar-refractivity contribution in [3.8, 4) is 0 Å². The molecule has 0 bridgehead atoms. The molecule has 1 aromatic heterocycles. The zero-order valence-corrected chi connectivity index (χ0v) is 5.84. The van der Waals surface area contributed by atoms with Crippen molar-refractivity contribution in [3.05, 3.63) is 30.5 Å². The number of hydrogen-bond acceptors (Lipinski definition) is 1. The van der Waals surface area contributed by atoms with E-state index in [-0.39, 0.29) is 0 Å². The molecule has 0 aliphatic carbocycles. The van der Waals surface area contributed by atoms with E-state index in [1.165, 1.54) is 4.20 Å². The molecule has 0 saturated carbocycles. The van der Waals surface area contributed by atoms with E-state index in [9.17, 15) is 0 Å². The normalized spacial score (nSPS) is 10.5. The highest BCUT2D eigenvalue weighted by atomic mass is 35.5. The average Bonchev–Trinajstić information content (AvgIpc) is 2.34. The number of halogens is 1. The third-order valence-corrected chi connectivity index (χ3v) is 1.64. The Morgan fingerprint density at radius 3 is 3.30 bits per heavy atom. The van der Waals surface area contributed by atoms with E-state index in [4.69, 9.17) is 11.8 Å². The van der Waals surface area contributed by atoms with Gasteiger partial charge >= 0.3 is 0 Å². The van der Waals surface area contributed by atoms with Crippen molar-refractivity contribution in [3.63, 3.8) is 0 Å². The Morgan fingerprint density at radius 1 is 1.60 bits per heavy atom. The van der Waals surface area contributed by atoms with Crippen LogP contribution in [0.3, 0.4) is 0 Å². The average molecular weight is 152 g/mol. The largest absolute Gasteiger partial charge is 0.172 e. The topological polar surface area (TPSA) is 17.8 Å². The van der Waals surface area contributed by atoms with E-state index >= 15 is 0 Å². The fourth-order valence-corrected chi connectivity index (χ4v) is 1.08. The van der Waals surface area contributed by atoms with E-state index < -0.39 is 0 Å². The summed E-state index contributed by atoms with van der Waals surface area (Å²) in [7, 11) is 0. The zero-order valence-electron chi connectivity index (χ0n) is 5.08. The summed E-state index contributed by atoms with van der Waals surface area (Å²) in [5, 5.41) is 4.87. The summed E-state index contributed by atoms with van der Waals surface area (Å²) in [5.41, 5.74) is 0.917. The van der Waals surface area contributed by atoms with E-state index in [1.54, 1.807) is 6.20 Å². The molecular weight excluding hydrogens is 148 g/mol. The van der Waals surface area contributed by atoms with Crippen LogP contribution in [0.2, 0.25) is 0 Å². The Bertz CT molecular complexity index is 353. The van der Waals surface area contributed by atoms with Gasteiger partial charge in [-0.1, -0.05) is 6.07 Å². The Labute approximate surface area is 63.1 Å². The van der Waals surface area contributed by atoms with E-state index in [0.29, 0.717) is 0 Å². The number of benzene rings is 1. The molecule has 3 heteroatoms. The summed E-state index contributed by atoms with van der Waals surface area (Å²) in [4.78, 5) is 0. The highest BCUT2D eigenvalue weighted by Crippen LogP contribution is 2.12. The maximum Gasteiger partial charge on any atom is 0.0871 e. The van der Waals surface area contributed by atoms with E-state index in [1.807, 2.05) is 18.2 Å². The van der Waals surface area contributed by atoms with Gasteiger partial charge in [0.15, 0.2) is 0 Å². The van der Waals surface area contributed by atoms with Crippen LogP contribution in [-0.4, -0.2) is 9.30 Å². The molecule has 1 aromatic carbocycles. The van der Waals surface area contributed by atoms with Crippen LogP contribution >= 0.6 is 11.8 Å². The van der Waals surface area contributed by atoms with Crippen molar-refractivity contribution in [1.29, 1.82) is 0 Å². The monoisotopic (exact) mass is 151 g/mol. The SMILES string of the molecule is Cln1ncc2c[c]ccc21. The molecule has 0 N–H and O–H groups in total. The van der Waals surface area contributed by atoms with Gasteiger partial charge in [-0.3, -0.25) is 0 Å². The number of nitrogens with zero attached hydrogens (tertiary/aromatic N) is 2. The molecule has 49 valence electrons. The molecule has 2 aromatic rings. The summed E-state index contributed by atoms with van der Waals surface area (Å²) >= 11 is 5.66. The van der Waals surface area contributed by atoms with Crippen molar-refractivity contribution in [2.24, 2.45) is 0 Å². The number of hydrogen-bond donors (Lipinski definition) is 0. The van der Waals surface area contributed by atoms with Gasteiger partial charge in [0.2, 0.25) is 0 Å². The fraction of sp³-hybridized carbons (Fsp3) is 0. The van der Waals surface area contributed by atoms with E-state index in [0.717, 1.165) is 10.9 Å². The molecule has 1 radical (unpaired) electrons. The summed E-state index contributed by atoms with van der Waals surface area (Å²) in [6, 6.07) is 8.46. The minimum absolute atomic E-state index is 0.917. The second-order valence-corrected chi connectivity index (χ2v) is 2.31. The van der Waals surface area contributed by atoms with Crippen molar-refractivity contribution in [2.75, 3.05) is 0 Å². The van der Waals surface area contributed by atoms with Crippen LogP contribution in [0, 0.1) is 6.07 Å². The molecule has 0 aliphatic heterocycles. The van der Waals surface area contributed by atoms with Crippen molar-refractivity contribution >= 4 is 22.7 Å². The van der Waals surface area contributed by atoms with E-state index in [2.05, 4.69) is 11.2 Å². The number of fused-ring (bicyclic) bond motifs is 1. The van der Waals surface area contributed by atoms with Crippen molar-refractivity contribution < 1.29 is 0 Å². The molecule has 0 atom stereocenters. The van der Waals surface area contributed by atoms with Gasteiger partial charge in [-0.25, -0.2) is 0 Å². The Hall–Kier alpha value is -1.02. The maximum absolute atomic E-state index is 5.66. The number of aromatic nitrogens is 2. The Morgan fingerprint density at radius 2 is 2.50 bits per heavy atom. The highest BCUT2D eigenvalue weighted by molar-refractivity contribution is 6.18. The third-order valence-electron chi connectivity index (χ3n) is 1.37. The van der Waals surface area contributed by atoms with Crippen LogP contribution in [0.25, 0.3) is 10.9 Å². The van der Waals surface area contributed by atoms with Gasteiger partial charge in [-0.05, 0) is 18.2 Å². The summed E-state index contributed by atoms with van der Waals surface area (Å²) in [6.07, 6.45) is 1.71. The first-order valence-corrected chi connectivity index (χ1v) is 3.22. The standard InChI is InChI=1S/C7H4ClN2/c8-10-7-4-2-1-3-6(7)5-9-10/h2-5H. The highest BCUT2D eigenvalue weighted by Gasteiger charge is 1.96. The molecule has 0 aliphatic rings. The molecule has 0 amide bonds. The summed E-state index contributed by atoms with van der Waals surface area (Å²) < 4.78 is 1.32. The van der Waals surface area contributed by atoms with Gasteiger partial charge in [0, 0.05) is 17.2 Å². The molecule has 0 fully saturated rings. The van der Waals surface area contributed by atoms with Crippen LogP contribution in [-0.2, 0) is 0 Å².